The number of carbonyl (C=O) groups excluding carboxylic acids is 2. The van der Waals surface area contributed by atoms with Gasteiger partial charge >= 0.3 is 12.1 Å². The summed E-state index contributed by atoms with van der Waals surface area (Å²) in [6.45, 7) is 3.65. The van der Waals surface area contributed by atoms with Crippen molar-refractivity contribution in [3.63, 3.8) is 0 Å². The average Bonchev–Trinajstić information content (AvgIpc) is 2.94. The van der Waals surface area contributed by atoms with Crippen molar-refractivity contribution in [2.45, 2.75) is 51.7 Å². The first-order valence-corrected chi connectivity index (χ1v) is 10.2. The van der Waals surface area contributed by atoms with Crippen LogP contribution in [0.1, 0.15) is 49.2 Å². The maximum atomic E-state index is 13.1. The standard InChI is InChI=1S/C17H21F3INO3S/c1-9(2)22(12-8-13(21)26-14(12)16(24)25-3)15(23)10-4-6-11(7-5-10)17(18,19)20/h8-11H,4-7H2,1-3H3. The van der Waals surface area contributed by atoms with E-state index in [0.29, 0.717) is 10.6 Å². The second kappa shape index (κ2) is 8.45. The molecule has 0 N–H and O–H groups in total. The van der Waals surface area contributed by atoms with Crippen molar-refractivity contribution in [3.05, 3.63) is 13.8 Å². The number of nitrogens with zero attached hydrogens (tertiary/aromatic N) is 1. The molecule has 0 saturated heterocycles. The van der Waals surface area contributed by atoms with Crippen LogP contribution in [0.15, 0.2) is 6.07 Å². The zero-order valence-electron chi connectivity index (χ0n) is 14.7. The number of amides is 1. The Hall–Kier alpha value is -0.840. The van der Waals surface area contributed by atoms with E-state index in [1.807, 2.05) is 13.8 Å². The number of alkyl halides is 3. The average molecular weight is 503 g/mol. The fraction of sp³-hybridized carbons (Fsp3) is 0.647. The molecule has 1 aliphatic rings. The van der Waals surface area contributed by atoms with Gasteiger partial charge in [0, 0.05) is 12.0 Å². The van der Waals surface area contributed by atoms with Gasteiger partial charge in [-0.15, -0.1) is 11.3 Å². The molecule has 1 heterocycles. The lowest BCUT2D eigenvalue weighted by atomic mass is 9.81. The second-order valence-corrected chi connectivity index (χ2v) is 9.59. The highest BCUT2D eigenvalue weighted by Gasteiger charge is 2.43. The quantitative estimate of drug-likeness (QED) is 0.417. The number of thiophene rings is 1. The van der Waals surface area contributed by atoms with Crippen molar-refractivity contribution in [2.24, 2.45) is 11.8 Å². The van der Waals surface area contributed by atoms with Crippen LogP contribution in [0, 0.1) is 14.7 Å². The van der Waals surface area contributed by atoms with Crippen LogP contribution in [0.25, 0.3) is 0 Å². The van der Waals surface area contributed by atoms with Crippen LogP contribution in [0.2, 0.25) is 0 Å². The van der Waals surface area contributed by atoms with E-state index >= 15 is 0 Å². The third-order valence-electron chi connectivity index (χ3n) is 4.61. The lowest BCUT2D eigenvalue weighted by Crippen LogP contribution is -2.43. The molecule has 1 aromatic heterocycles. The monoisotopic (exact) mass is 503 g/mol. The van der Waals surface area contributed by atoms with Crippen molar-refractivity contribution >= 4 is 51.5 Å². The molecule has 146 valence electrons. The van der Waals surface area contributed by atoms with Gasteiger partial charge in [-0.25, -0.2) is 4.79 Å². The minimum atomic E-state index is -4.20. The van der Waals surface area contributed by atoms with Gasteiger partial charge in [0.15, 0.2) is 0 Å². The zero-order chi connectivity index (χ0) is 19.6. The van der Waals surface area contributed by atoms with E-state index in [9.17, 15) is 22.8 Å². The van der Waals surface area contributed by atoms with E-state index < -0.39 is 24.0 Å². The molecule has 1 amide bonds. The number of esters is 1. The SMILES string of the molecule is COC(=O)c1sc(I)cc1N(C(=O)C1CCC(C(F)(F)F)CC1)C(C)C. The van der Waals surface area contributed by atoms with Gasteiger partial charge in [0.2, 0.25) is 5.91 Å². The third kappa shape index (κ3) is 4.71. The van der Waals surface area contributed by atoms with Crippen LogP contribution in [0.3, 0.4) is 0 Å². The Kier molecular flexibility index (Phi) is 6.98. The zero-order valence-corrected chi connectivity index (χ0v) is 17.7. The van der Waals surface area contributed by atoms with Gasteiger partial charge in [-0.3, -0.25) is 4.79 Å². The number of ether oxygens (including phenoxy) is 1. The molecular weight excluding hydrogens is 482 g/mol. The summed E-state index contributed by atoms with van der Waals surface area (Å²) < 4.78 is 44.2. The van der Waals surface area contributed by atoms with Crippen LogP contribution in [-0.4, -0.2) is 31.2 Å². The molecule has 1 aromatic rings. The Bertz CT molecular complexity index is 667. The van der Waals surface area contributed by atoms with E-state index in [-0.39, 0.29) is 37.6 Å². The van der Waals surface area contributed by atoms with E-state index in [1.165, 1.54) is 23.3 Å². The minimum Gasteiger partial charge on any atom is -0.465 e. The Balaban J connectivity index is 2.24. The molecule has 0 aliphatic heterocycles. The third-order valence-corrected chi connectivity index (χ3v) is 6.47. The fourth-order valence-corrected chi connectivity index (χ4v) is 5.04. The number of halogens is 4. The van der Waals surface area contributed by atoms with Gasteiger partial charge in [0.25, 0.3) is 0 Å². The van der Waals surface area contributed by atoms with Crippen molar-refractivity contribution in [3.8, 4) is 0 Å². The summed E-state index contributed by atoms with van der Waals surface area (Å²) in [5.41, 5.74) is 0.476. The highest BCUT2D eigenvalue weighted by Crippen LogP contribution is 2.41. The number of rotatable bonds is 4. The summed E-state index contributed by atoms with van der Waals surface area (Å²) >= 11 is 3.30. The number of hydrogen-bond donors (Lipinski definition) is 0. The minimum absolute atomic E-state index is 0.0309. The van der Waals surface area contributed by atoms with Gasteiger partial charge < -0.3 is 9.64 Å². The Morgan fingerprint density at radius 3 is 2.31 bits per heavy atom. The molecule has 2 rings (SSSR count). The maximum Gasteiger partial charge on any atom is 0.391 e. The molecule has 0 spiro atoms. The van der Waals surface area contributed by atoms with E-state index in [0.717, 1.165) is 2.88 Å². The van der Waals surface area contributed by atoms with E-state index in [1.54, 1.807) is 6.07 Å². The molecule has 1 fully saturated rings. The molecule has 0 bridgehead atoms. The summed E-state index contributed by atoms with van der Waals surface area (Å²) in [6, 6.07) is 1.52. The lowest BCUT2D eigenvalue weighted by Gasteiger charge is -2.34. The number of carbonyl (C=O) groups is 2. The number of hydrogen-bond acceptors (Lipinski definition) is 4. The van der Waals surface area contributed by atoms with Crippen LogP contribution in [-0.2, 0) is 9.53 Å². The first-order valence-electron chi connectivity index (χ1n) is 8.33. The van der Waals surface area contributed by atoms with Crippen LogP contribution >= 0.6 is 33.9 Å². The maximum absolute atomic E-state index is 13.1. The summed E-state index contributed by atoms with van der Waals surface area (Å²) in [6.07, 6.45) is -3.84. The van der Waals surface area contributed by atoms with Gasteiger partial charge in [-0.1, -0.05) is 0 Å². The predicted octanol–water partition coefficient (Wildman–Crippen LogP) is 5.25. The van der Waals surface area contributed by atoms with Gasteiger partial charge in [-0.05, 0) is 68.2 Å². The molecule has 9 heteroatoms. The molecule has 0 aromatic carbocycles. The van der Waals surface area contributed by atoms with Crippen LogP contribution in [0.5, 0.6) is 0 Å². The number of methoxy groups -OCH3 is 1. The van der Waals surface area contributed by atoms with Crippen LogP contribution < -0.4 is 4.90 Å². The molecule has 4 nitrogen and oxygen atoms in total. The van der Waals surface area contributed by atoms with Crippen molar-refractivity contribution in [2.75, 3.05) is 12.0 Å². The normalized spacial score (nSPS) is 20.9. The van der Waals surface area contributed by atoms with Gasteiger partial charge in [-0.2, -0.15) is 13.2 Å². The van der Waals surface area contributed by atoms with Gasteiger partial charge in [0.1, 0.15) is 4.88 Å². The highest BCUT2D eigenvalue weighted by molar-refractivity contribution is 14.1. The van der Waals surface area contributed by atoms with Crippen molar-refractivity contribution < 1.29 is 27.5 Å². The van der Waals surface area contributed by atoms with Crippen molar-refractivity contribution in [1.29, 1.82) is 0 Å². The molecule has 0 radical (unpaired) electrons. The smallest absolute Gasteiger partial charge is 0.391 e. The molecule has 1 aliphatic carbocycles. The van der Waals surface area contributed by atoms with Crippen LogP contribution in [0.4, 0.5) is 18.9 Å². The summed E-state index contributed by atoms with van der Waals surface area (Å²) in [5.74, 6) is -2.53. The molecular formula is C17H21F3INO3S. The topological polar surface area (TPSA) is 46.6 Å². The lowest BCUT2D eigenvalue weighted by molar-refractivity contribution is -0.184. The first-order chi connectivity index (χ1) is 12.1. The van der Waals surface area contributed by atoms with E-state index in [2.05, 4.69) is 22.6 Å². The largest absolute Gasteiger partial charge is 0.465 e. The summed E-state index contributed by atoms with van der Waals surface area (Å²) in [5, 5.41) is 0. The summed E-state index contributed by atoms with van der Waals surface area (Å²) in [7, 11) is 1.28. The molecule has 0 atom stereocenters. The molecule has 1 saturated carbocycles. The number of anilines is 1. The summed E-state index contributed by atoms with van der Waals surface area (Å²) in [4.78, 5) is 27.0. The Labute approximate surface area is 168 Å². The van der Waals surface area contributed by atoms with E-state index in [4.69, 9.17) is 4.74 Å². The Morgan fingerprint density at radius 2 is 1.85 bits per heavy atom. The van der Waals surface area contributed by atoms with Crippen molar-refractivity contribution in [1.82, 2.24) is 0 Å². The highest BCUT2D eigenvalue weighted by atomic mass is 127. The Morgan fingerprint density at radius 1 is 1.27 bits per heavy atom. The molecule has 26 heavy (non-hydrogen) atoms. The van der Waals surface area contributed by atoms with Gasteiger partial charge in [0.05, 0.1) is 21.6 Å². The molecule has 0 unspecified atom stereocenters. The first kappa shape index (κ1) is 21.5. The second-order valence-electron chi connectivity index (χ2n) is 6.65. The predicted molar refractivity (Wildman–Crippen MR) is 103 cm³/mol. The fourth-order valence-electron chi connectivity index (χ4n) is 3.29.